The Morgan fingerprint density at radius 3 is 2.53 bits per heavy atom. The van der Waals surface area contributed by atoms with Crippen molar-refractivity contribution in [1.82, 2.24) is 0 Å². The number of nitrogen functional groups attached to an aromatic ring is 1. The average Bonchev–Trinajstić information content (AvgIpc) is 2.78. The van der Waals surface area contributed by atoms with Crippen molar-refractivity contribution in [1.29, 1.82) is 0 Å². The number of nitrogens with two attached hydrogens (primary N) is 1. The number of nitrogens with zero attached hydrogens (tertiary/aromatic N) is 1. The number of piperidine rings is 1. The monoisotopic (exact) mass is 234 g/mol. The number of hydrogen-bond acceptors (Lipinski definition) is 4. The van der Waals surface area contributed by atoms with Gasteiger partial charge in [0.25, 0.3) is 0 Å². The Balaban J connectivity index is 1.77. The van der Waals surface area contributed by atoms with E-state index in [2.05, 4.69) is 17.0 Å². The summed E-state index contributed by atoms with van der Waals surface area (Å²) in [5, 5.41) is 0. The van der Waals surface area contributed by atoms with Crippen molar-refractivity contribution in [3.05, 3.63) is 24.3 Å². The van der Waals surface area contributed by atoms with Crippen LogP contribution in [0.1, 0.15) is 12.8 Å². The molecule has 2 fully saturated rings. The van der Waals surface area contributed by atoms with Gasteiger partial charge in [0.1, 0.15) is 0 Å². The quantitative estimate of drug-likeness (QED) is 0.750. The first kappa shape index (κ1) is 10.9. The molecule has 1 aromatic rings. The normalized spacial score (nSPS) is 23.2. The molecule has 0 amide bonds. The molecule has 17 heavy (non-hydrogen) atoms. The van der Waals surface area contributed by atoms with Gasteiger partial charge in [0, 0.05) is 24.3 Å². The highest BCUT2D eigenvalue weighted by Gasteiger charge is 2.40. The molecule has 0 saturated carbocycles. The third-order valence-electron chi connectivity index (χ3n) is 3.49. The summed E-state index contributed by atoms with van der Waals surface area (Å²) in [7, 11) is 0. The number of anilines is 2. The Kier molecular flexibility index (Phi) is 2.68. The van der Waals surface area contributed by atoms with Gasteiger partial charge in [0.05, 0.1) is 19.8 Å². The summed E-state index contributed by atoms with van der Waals surface area (Å²) >= 11 is 0. The third-order valence-corrected chi connectivity index (χ3v) is 3.49. The second-order valence-electron chi connectivity index (χ2n) is 4.72. The molecule has 2 saturated heterocycles. The van der Waals surface area contributed by atoms with E-state index < -0.39 is 0 Å². The minimum absolute atomic E-state index is 0.361. The van der Waals surface area contributed by atoms with E-state index in [-0.39, 0.29) is 5.79 Å². The van der Waals surface area contributed by atoms with E-state index >= 15 is 0 Å². The zero-order valence-electron chi connectivity index (χ0n) is 9.89. The Morgan fingerprint density at radius 2 is 1.82 bits per heavy atom. The molecule has 2 N–H and O–H groups in total. The van der Waals surface area contributed by atoms with Gasteiger partial charge < -0.3 is 20.1 Å². The lowest BCUT2D eigenvalue weighted by atomic mass is 10.0. The van der Waals surface area contributed by atoms with E-state index in [1.165, 1.54) is 5.69 Å². The Bertz CT molecular complexity index is 385. The number of rotatable bonds is 1. The summed E-state index contributed by atoms with van der Waals surface area (Å²) in [5.74, 6) is -0.361. The molecular weight excluding hydrogens is 216 g/mol. The zero-order chi connectivity index (χ0) is 11.7. The van der Waals surface area contributed by atoms with Gasteiger partial charge in [-0.1, -0.05) is 0 Å². The van der Waals surface area contributed by atoms with Crippen LogP contribution in [0.3, 0.4) is 0 Å². The van der Waals surface area contributed by atoms with Gasteiger partial charge in [-0.05, 0) is 30.7 Å². The highest BCUT2D eigenvalue weighted by atomic mass is 16.7. The molecule has 2 aliphatic heterocycles. The van der Waals surface area contributed by atoms with Crippen LogP contribution in [0.5, 0.6) is 0 Å². The van der Waals surface area contributed by atoms with Crippen LogP contribution in [0.2, 0.25) is 0 Å². The predicted octanol–water partition coefficient (Wildman–Crippen LogP) is 1.61. The van der Waals surface area contributed by atoms with Crippen LogP contribution in [0.4, 0.5) is 11.4 Å². The van der Waals surface area contributed by atoms with Crippen LogP contribution in [0.25, 0.3) is 0 Å². The van der Waals surface area contributed by atoms with Crippen LogP contribution in [-0.4, -0.2) is 32.1 Å². The molecule has 2 aliphatic rings. The molecular formula is C13H18N2O2. The molecule has 0 aliphatic carbocycles. The van der Waals surface area contributed by atoms with Crippen molar-refractivity contribution in [2.45, 2.75) is 18.6 Å². The van der Waals surface area contributed by atoms with Crippen molar-refractivity contribution >= 4 is 11.4 Å². The largest absolute Gasteiger partial charge is 0.399 e. The van der Waals surface area contributed by atoms with Crippen LogP contribution < -0.4 is 10.6 Å². The van der Waals surface area contributed by atoms with Crippen molar-refractivity contribution in [3.63, 3.8) is 0 Å². The van der Waals surface area contributed by atoms with Gasteiger partial charge in [-0.15, -0.1) is 0 Å². The SMILES string of the molecule is Nc1ccc(N2CCCC3(C2)OCCO3)cc1. The lowest BCUT2D eigenvalue weighted by molar-refractivity contribution is -0.161. The van der Waals surface area contributed by atoms with E-state index in [1.807, 2.05) is 12.1 Å². The minimum Gasteiger partial charge on any atom is -0.399 e. The van der Waals surface area contributed by atoms with E-state index in [9.17, 15) is 0 Å². The molecule has 92 valence electrons. The summed E-state index contributed by atoms with van der Waals surface area (Å²) in [6.07, 6.45) is 2.10. The van der Waals surface area contributed by atoms with E-state index in [0.717, 1.165) is 44.8 Å². The fraction of sp³-hybridized carbons (Fsp3) is 0.538. The molecule has 2 heterocycles. The predicted molar refractivity (Wildman–Crippen MR) is 66.9 cm³/mol. The van der Waals surface area contributed by atoms with Gasteiger partial charge in [0.15, 0.2) is 5.79 Å². The van der Waals surface area contributed by atoms with Crippen LogP contribution in [0, 0.1) is 0 Å². The van der Waals surface area contributed by atoms with Gasteiger partial charge in [0.2, 0.25) is 0 Å². The van der Waals surface area contributed by atoms with Crippen molar-refractivity contribution < 1.29 is 9.47 Å². The number of ether oxygens (including phenoxy) is 2. The zero-order valence-corrected chi connectivity index (χ0v) is 9.89. The first-order chi connectivity index (χ1) is 8.27. The molecule has 4 nitrogen and oxygen atoms in total. The summed E-state index contributed by atoms with van der Waals surface area (Å²) in [6, 6.07) is 7.99. The smallest absolute Gasteiger partial charge is 0.186 e. The summed E-state index contributed by atoms with van der Waals surface area (Å²) in [6.45, 7) is 3.31. The second kappa shape index (κ2) is 4.20. The lowest BCUT2D eigenvalue weighted by Crippen LogP contribution is -2.49. The van der Waals surface area contributed by atoms with Gasteiger partial charge in [-0.3, -0.25) is 0 Å². The Labute approximate surface area is 101 Å². The maximum Gasteiger partial charge on any atom is 0.186 e. The van der Waals surface area contributed by atoms with Gasteiger partial charge in [-0.2, -0.15) is 0 Å². The van der Waals surface area contributed by atoms with Crippen LogP contribution >= 0.6 is 0 Å². The second-order valence-corrected chi connectivity index (χ2v) is 4.72. The van der Waals surface area contributed by atoms with E-state index in [4.69, 9.17) is 15.2 Å². The average molecular weight is 234 g/mol. The van der Waals surface area contributed by atoms with E-state index in [0.29, 0.717) is 0 Å². The molecule has 3 rings (SSSR count). The highest BCUT2D eigenvalue weighted by molar-refractivity contribution is 5.53. The molecule has 0 atom stereocenters. The maximum absolute atomic E-state index is 5.77. The summed E-state index contributed by atoms with van der Waals surface area (Å²) < 4.78 is 11.5. The van der Waals surface area contributed by atoms with Gasteiger partial charge >= 0.3 is 0 Å². The van der Waals surface area contributed by atoms with Crippen molar-refractivity contribution in [2.24, 2.45) is 0 Å². The van der Waals surface area contributed by atoms with Crippen LogP contribution in [0.15, 0.2) is 24.3 Å². The highest BCUT2D eigenvalue weighted by Crippen LogP contribution is 2.32. The Hall–Kier alpha value is -1.26. The fourth-order valence-corrected chi connectivity index (χ4v) is 2.63. The standard InChI is InChI=1S/C13H18N2O2/c14-11-2-4-12(5-3-11)15-7-1-6-13(10-15)16-8-9-17-13/h2-5H,1,6-10,14H2. The Morgan fingerprint density at radius 1 is 1.12 bits per heavy atom. The van der Waals surface area contributed by atoms with Crippen molar-refractivity contribution in [3.8, 4) is 0 Å². The van der Waals surface area contributed by atoms with Gasteiger partial charge in [-0.25, -0.2) is 0 Å². The molecule has 0 bridgehead atoms. The van der Waals surface area contributed by atoms with Crippen molar-refractivity contribution in [2.75, 3.05) is 36.9 Å². The molecule has 1 spiro atoms. The summed E-state index contributed by atoms with van der Waals surface area (Å²) in [5.41, 5.74) is 7.70. The molecule has 0 aromatic heterocycles. The molecule has 1 aromatic carbocycles. The third kappa shape index (κ3) is 2.10. The molecule has 4 heteroatoms. The van der Waals surface area contributed by atoms with E-state index in [1.54, 1.807) is 0 Å². The fourth-order valence-electron chi connectivity index (χ4n) is 2.63. The number of benzene rings is 1. The summed E-state index contributed by atoms with van der Waals surface area (Å²) in [4.78, 5) is 2.31. The topological polar surface area (TPSA) is 47.7 Å². The lowest BCUT2D eigenvalue weighted by Gasteiger charge is -2.39. The first-order valence-electron chi connectivity index (χ1n) is 6.16. The maximum atomic E-state index is 5.77. The molecule has 0 unspecified atom stereocenters. The first-order valence-corrected chi connectivity index (χ1v) is 6.16. The number of hydrogen-bond donors (Lipinski definition) is 1. The van der Waals surface area contributed by atoms with Crippen LogP contribution in [-0.2, 0) is 9.47 Å². The molecule has 0 radical (unpaired) electrons. The minimum atomic E-state index is -0.361.